The first-order valence-electron chi connectivity index (χ1n) is 10.2. The van der Waals surface area contributed by atoms with Gasteiger partial charge in [0.15, 0.2) is 0 Å². The van der Waals surface area contributed by atoms with Crippen LogP contribution in [0.2, 0.25) is 0 Å². The number of nitriles is 1. The highest BCUT2D eigenvalue weighted by Gasteiger charge is 2.39. The number of aryl methyl sites for hydroxylation is 2. The average Bonchev–Trinajstić information content (AvgIpc) is 2.76. The maximum atomic E-state index is 10.1. The molecule has 2 aromatic heterocycles. The minimum atomic E-state index is 0.377. The van der Waals surface area contributed by atoms with Gasteiger partial charge in [0.25, 0.3) is 0 Å². The molecule has 0 aliphatic heterocycles. The van der Waals surface area contributed by atoms with Gasteiger partial charge in [-0.25, -0.2) is 4.57 Å². The molecule has 2 aliphatic rings. The van der Waals surface area contributed by atoms with Gasteiger partial charge in [0.1, 0.15) is 12.3 Å². The number of pyridine rings is 1. The lowest BCUT2D eigenvalue weighted by Crippen LogP contribution is -2.36. The number of aromatic nitrogens is 3. The summed E-state index contributed by atoms with van der Waals surface area (Å²) in [5.74, 6) is 2.45. The van der Waals surface area contributed by atoms with E-state index in [4.69, 9.17) is 15.7 Å². The molecule has 4 rings (SSSR count). The summed E-state index contributed by atoms with van der Waals surface area (Å²) in [5, 5.41) is 10.1. The highest BCUT2D eigenvalue weighted by atomic mass is 15.0. The molecule has 144 valence electrons. The van der Waals surface area contributed by atoms with E-state index in [9.17, 15) is 5.26 Å². The highest BCUT2D eigenvalue weighted by Crippen LogP contribution is 2.49. The second-order valence-electron chi connectivity index (χ2n) is 8.36. The standard InChI is InChI=1S/C23H28N5/c1-14-7-19-15(2)18(17-5-4-6-17)8-20(21(10-25)22(19)26-11-14)23-27-12-16(9-24)13-28(23)3/h7,11-13,15,17-18H,4-6,8-9,24H2,1-3H3/q+1. The molecule has 2 atom stereocenters. The second kappa shape index (κ2) is 7.44. The maximum absolute atomic E-state index is 10.1. The molecule has 28 heavy (non-hydrogen) atoms. The molecule has 0 saturated heterocycles. The molecule has 2 N–H and O–H groups in total. The molecule has 5 nitrogen and oxygen atoms in total. The lowest BCUT2D eigenvalue weighted by molar-refractivity contribution is -0.677. The largest absolute Gasteiger partial charge is 0.327 e. The van der Waals surface area contributed by atoms with Crippen molar-refractivity contribution >= 4 is 11.1 Å². The predicted octanol–water partition coefficient (Wildman–Crippen LogP) is 3.43. The molecular weight excluding hydrogens is 346 g/mol. The Morgan fingerprint density at radius 1 is 1.29 bits per heavy atom. The van der Waals surface area contributed by atoms with Crippen molar-refractivity contribution in [1.29, 1.82) is 5.26 Å². The van der Waals surface area contributed by atoms with Crippen molar-refractivity contribution in [3.05, 3.63) is 52.9 Å². The molecule has 5 heteroatoms. The van der Waals surface area contributed by atoms with Crippen LogP contribution in [0.25, 0.3) is 11.1 Å². The molecule has 0 radical (unpaired) electrons. The van der Waals surface area contributed by atoms with Crippen LogP contribution in [0.4, 0.5) is 0 Å². The van der Waals surface area contributed by atoms with Gasteiger partial charge in [-0.15, -0.1) is 0 Å². The Morgan fingerprint density at radius 3 is 2.68 bits per heavy atom. The Kier molecular flexibility index (Phi) is 4.99. The molecule has 0 bridgehead atoms. The van der Waals surface area contributed by atoms with E-state index >= 15 is 0 Å². The number of fused-ring (bicyclic) bond motifs is 1. The fourth-order valence-corrected chi connectivity index (χ4v) is 4.78. The van der Waals surface area contributed by atoms with E-state index in [1.54, 1.807) is 0 Å². The predicted molar refractivity (Wildman–Crippen MR) is 109 cm³/mol. The fraction of sp³-hybridized carbons (Fsp3) is 0.478. The van der Waals surface area contributed by atoms with Crippen molar-refractivity contribution in [2.45, 2.75) is 52.0 Å². The molecule has 0 spiro atoms. The zero-order chi connectivity index (χ0) is 19.8. The highest BCUT2D eigenvalue weighted by molar-refractivity contribution is 5.96. The zero-order valence-electron chi connectivity index (χ0n) is 16.9. The first-order valence-corrected chi connectivity index (χ1v) is 10.2. The van der Waals surface area contributed by atoms with Crippen LogP contribution in [0.15, 0.2) is 24.7 Å². The smallest absolute Gasteiger partial charge is 0.326 e. The molecule has 0 amide bonds. The molecule has 2 aliphatic carbocycles. The number of nitrogens with two attached hydrogens (primary N) is 1. The summed E-state index contributed by atoms with van der Waals surface area (Å²) < 4.78 is 2.01. The van der Waals surface area contributed by atoms with E-state index in [0.717, 1.165) is 34.6 Å². The monoisotopic (exact) mass is 374 g/mol. The third kappa shape index (κ3) is 3.12. The summed E-state index contributed by atoms with van der Waals surface area (Å²) in [5.41, 5.74) is 11.7. The van der Waals surface area contributed by atoms with Crippen LogP contribution < -0.4 is 10.3 Å². The lowest BCUT2D eigenvalue weighted by Gasteiger charge is -2.37. The van der Waals surface area contributed by atoms with Crippen molar-refractivity contribution in [3.8, 4) is 6.07 Å². The van der Waals surface area contributed by atoms with Gasteiger partial charge >= 0.3 is 5.82 Å². The van der Waals surface area contributed by atoms with Gasteiger partial charge in [-0.1, -0.05) is 32.3 Å². The average molecular weight is 375 g/mol. The number of nitrogens with zero attached hydrogens (tertiary/aromatic N) is 4. The Hall–Kier alpha value is -2.58. The van der Waals surface area contributed by atoms with Crippen LogP contribution in [0, 0.1) is 30.1 Å². The lowest BCUT2D eigenvalue weighted by atomic mass is 9.68. The Bertz CT molecular complexity index is 981. The van der Waals surface area contributed by atoms with Crippen molar-refractivity contribution in [2.24, 2.45) is 24.6 Å². The van der Waals surface area contributed by atoms with Gasteiger partial charge in [-0.2, -0.15) is 5.26 Å². The van der Waals surface area contributed by atoms with E-state index in [-0.39, 0.29) is 0 Å². The normalized spacial score (nSPS) is 22.2. The molecule has 2 aromatic rings. The molecule has 0 aromatic carbocycles. The summed E-state index contributed by atoms with van der Waals surface area (Å²) in [6.45, 7) is 4.84. The van der Waals surface area contributed by atoms with Crippen molar-refractivity contribution in [2.75, 3.05) is 0 Å². The Morgan fingerprint density at radius 2 is 2.07 bits per heavy atom. The van der Waals surface area contributed by atoms with E-state index in [1.165, 1.54) is 24.8 Å². The van der Waals surface area contributed by atoms with Gasteiger partial charge in [-0.3, -0.25) is 4.98 Å². The minimum absolute atomic E-state index is 0.377. The minimum Gasteiger partial charge on any atom is -0.326 e. The van der Waals surface area contributed by atoms with Gasteiger partial charge < -0.3 is 5.73 Å². The zero-order valence-corrected chi connectivity index (χ0v) is 16.9. The Balaban J connectivity index is 1.94. The first kappa shape index (κ1) is 18.8. The van der Waals surface area contributed by atoms with Gasteiger partial charge in [0, 0.05) is 18.3 Å². The fourth-order valence-electron chi connectivity index (χ4n) is 4.78. The molecule has 1 saturated carbocycles. The molecule has 1 fully saturated rings. The van der Waals surface area contributed by atoms with Crippen LogP contribution in [0.1, 0.15) is 66.7 Å². The quantitative estimate of drug-likeness (QED) is 0.835. The summed E-state index contributed by atoms with van der Waals surface area (Å²) >= 11 is 0. The SMILES string of the molecule is Cc1cnc2c(c1)C(C)C(C1CCC1)CC(c1ncc(CN)c[n+]1C)=C2C#N. The van der Waals surface area contributed by atoms with E-state index in [1.807, 2.05) is 30.2 Å². The van der Waals surface area contributed by atoms with Crippen molar-refractivity contribution < 1.29 is 4.57 Å². The van der Waals surface area contributed by atoms with Gasteiger partial charge in [0.2, 0.25) is 0 Å². The number of rotatable bonds is 3. The van der Waals surface area contributed by atoms with E-state index < -0.39 is 0 Å². The van der Waals surface area contributed by atoms with Gasteiger partial charge in [-0.05, 0) is 47.2 Å². The third-order valence-electron chi connectivity index (χ3n) is 6.58. The number of hydrogen-bond acceptors (Lipinski definition) is 4. The van der Waals surface area contributed by atoms with Crippen molar-refractivity contribution in [1.82, 2.24) is 9.97 Å². The topological polar surface area (TPSA) is 79.5 Å². The summed E-state index contributed by atoms with van der Waals surface area (Å²) in [6.07, 6.45) is 10.5. The molecule has 2 unspecified atom stereocenters. The maximum Gasteiger partial charge on any atom is 0.327 e. The van der Waals surface area contributed by atoms with E-state index in [0.29, 0.717) is 29.9 Å². The summed E-state index contributed by atoms with van der Waals surface area (Å²) in [6, 6.07) is 4.71. The van der Waals surface area contributed by atoms with Crippen molar-refractivity contribution in [3.63, 3.8) is 0 Å². The van der Waals surface area contributed by atoms with E-state index in [2.05, 4.69) is 26.0 Å². The van der Waals surface area contributed by atoms with Crippen LogP contribution in [-0.2, 0) is 13.6 Å². The van der Waals surface area contributed by atoms with Gasteiger partial charge in [0.05, 0.1) is 30.1 Å². The summed E-state index contributed by atoms with van der Waals surface area (Å²) in [4.78, 5) is 9.43. The summed E-state index contributed by atoms with van der Waals surface area (Å²) in [7, 11) is 1.99. The number of allylic oxidation sites excluding steroid dienone is 2. The Labute approximate surface area is 166 Å². The number of hydrogen-bond donors (Lipinski definition) is 1. The first-order chi connectivity index (χ1) is 13.5. The third-order valence-corrected chi connectivity index (χ3v) is 6.58. The van der Waals surface area contributed by atoms with Crippen LogP contribution in [0.3, 0.4) is 0 Å². The van der Waals surface area contributed by atoms with Crippen LogP contribution >= 0.6 is 0 Å². The molecular formula is C23H28N5+. The van der Waals surface area contributed by atoms with Crippen LogP contribution in [0.5, 0.6) is 0 Å². The second-order valence-corrected chi connectivity index (χ2v) is 8.36. The van der Waals surface area contributed by atoms with Crippen LogP contribution in [-0.4, -0.2) is 9.97 Å². The molecule has 2 heterocycles.